The quantitative estimate of drug-likeness (QED) is 0.826. The van der Waals surface area contributed by atoms with Crippen molar-refractivity contribution in [3.8, 4) is 0 Å². The lowest BCUT2D eigenvalue weighted by Crippen LogP contribution is -2.38. The van der Waals surface area contributed by atoms with E-state index in [9.17, 15) is 4.79 Å². The summed E-state index contributed by atoms with van der Waals surface area (Å²) >= 11 is 3.22. The molecule has 1 heterocycles. The minimum absolute atomic E-state index is 0.0117. The second-order valence-corrected chi connectivity index (χ2v) is 4.66. The standard InChI is InChI=1S/C9H14BrN3O/c1-7(12-9(14)8(2)10)5-13-4-3-11-6-13/h3-4,6-8H,5H2,1-2H3,(H,12,14). The Kier molecular flexibility index (Phi) is 4.13. The van der Waals surface area contributed by atoms with Gasteiger partial charge in [0, 0.05) is 25.0 Å². The summed E-state index contributed by atoms with van der Waals surface area (Å²) in [5, 5.41) is 2.88. The second-order valence-electron chi connectivity index (χ2n) is 3.29. The third-order valence-electron chi connectivity index (χ3n) is 1.79. The smallest absolute Gasteiger partial charge is 0.233 e. The molecule has 1 aromatic heterocycles. The zero-order chi connectivity index (χ0) is 10.6. The number of carbonyl (C=O) groups is 1. The summed E-state index contributed by atoms with van der Waals surface area (Å²) in [6, 6.07) is 0.108. The predicted octanol–water partition coefficient (Wildman–Crippen LogP) is 1.17. The summed E-state index contributed by atoms with van der Waals surface area (Å²) in [6.45, 7) is 4.51. The van der Waals surface area contributed by atoms with Gasteiger partial charge < -0.3 is 9.88 Å². The molecular weight excluding hydrogens is 246 g/mol. The van der Waals surface area contributed by atoms with E-state index in [2.05, 4.69) is 26.2 Å². The van der Waals surface area contributed by atoms with E-state index < -0.39 is 0 Å². The van der Waals surface area contributed by atoms with Crippen LogP contribution in [0, 0.1) is 0 Å². The summed E-state index contributed by atoms with van der Waals surface area (Å²) in [5.74, 6) is 0.0117. The van der Waals surface area contributed by atoms with Crippen LogP contribution in [0.3, 0.4) is 0 Å². The van der Waals surface area contributed by atoms with E-state index in [1.807, 2.05) is 17.7 Å². The van der Waals surface area contributed by atoms with E-state index in [1.165, 1.54) is 0 Å². The molecule has 0 aliphatic heterocycles. The van der Waals surface area contributed by atoms with Gasteiger partial charge in [-0.2, -0.15) is 0 Å². The summed E-state index contributed by atoms with van der Waals surface area (Å²) < 4.78 is 1.93. The van der Waals surface area contributed by atoms with Gasteiger partial charge in [0.25, 0.3) is 0 Å². The largest absolute Gasteiger partial charge is 0.351 e. The van der Waals surface area contributed by atoms with Crippen LogP contribution >= 0.6 is 15.9 Å². The SMILES string of the molecule is CC(Cn1ccnc1)NC(=O)C(C)Br. The molecule has 5 heteroatoms. The molecule has 0 aliphatic carbocycles. The maximum absolute atomic E-state index is 11.3. The molecule has 4 nitrogen and oxygen atoms in total. The predicted molar refractivity (Wildman–Crippen MR) is 58.2 cm³/mol. The highest BCUT2D eigenvalue weighted by Crippen LogP contribution is 1.98. The molecule has 0 bridgehead atoms. The number of alkyl halides is 1. The zero-order valence-corrected chi connectivity index (χ0v) is 9.86. The molecular formula is C9H14BrN3O. The summed E-state index contributed by atoms with van der Waals surface area (Å²) in [4.78, 5) is 15.1. The molecule has 0 saturated heterocycles. The molecule has 1 amide bonds. The van der Waals surface area contributed by atoms with Gasteiger partial charge in [0.2, 0.25) is 5.91 Å². The molecule has 1 N–H and O–H groups in total. The van der Waals surface area contributed by atoms with Gasteiger partial charge in [-0.25, -0.2) is 4.98 Å². The van der Waals surface area contributed by atoms with E-state index in [4.69, 9.17) is 0 Å². The molecule has 0 aliphatic rings. The van der Waals surface area contributed by atoms with Crippen LogP contribution in [0.1, 0.15) is 13.8 Å². The van der Waals surface area contributed by atoms with Crippen molar-refractivity contribution in [3.05, 3.63) is 18.7 Å². The van der Waals surface area contributed by atoms with Crippen molar-refractivity contribution in [3.63, 3.8) is 0 Å². The van der Waals surface area contributed by atoms with E-state index in [0.29, 0.717) is 0 Å². The van der Waals surface area contributed by atoms with Crippen molar-refractivity contribution >= 4 is 21.8 Å². The molecule has 0 fully saturated rings. The summed E-state index contributed by atoms with van der Waals surface area (Å²) in [7, 11) is 0. The topological polar surface area (TPSA) is 46.9 Å². The van der Waals surface area contributed by atoms with E-state index in [0.717, 1.165) is 6.54 Å². The number of nitrogens with one attached hydrogen (secondary N) is 1. The highest BCUT2D eigenvalue weighted by Gasteiger charge is 2.11. The Balaban J connectivity index is 2.36. The van der Waals surface area contributed by atoms with Crippen molar-refractivity contribution in [1.29, 1.82) is 0 Å². The van der Waals surface area contributed by atoms with Crippen LogP contribution in [-0.2, 0) is 11.3 Å². The summed E-state index contributed by atoms with van der Waals surface area (Å²) in [5.41, 5.74) is 0. The van der Waals surface area contributed by atoms with Gasteiger partial charge >= 0.3 is 0 Å². The van der Waals surface area contributed by atoms with E-state index in [-0.39, 0.29) is 16.8 Å². The third-order valence-corrected chi connectivity index (χ3v) is 2.21. The molecule has 0 radical (unpaired) electrons. The lowest BCUT2D eigenvalue weighted by atomic mass is 10.3. The Morgan fingerprint density at radius 3 is 2.86 bits per heavy atom. The van der Waals surface area contributed by atoms with Gasteiger partial charge in [-0.3, -0.25) is 4.79 Å². The normalized spacial score (nSPS) is 14.8. The average Bonchev–Trinajstić information content (AvgIpc) is 2.56. The lowest BCUT2D eigenvalue weighted by molar-refractivity contribution is -0.120. The molecule has 1 rings (SSSR count). The number of aromatic nitrogens is 2. The van der Waals surface area contributed by atoms with Crippen LogP contribution in [0.5, 0.6) is 0 Å². The first-order chi connectivity index (χ1) is 6.59. The van der Waals surface area contributed by atoms with Gasteiger partial charge in [0.1, 0.15) is 0 Å². The van der Waals surface area contributed by atoms with Crippen molar-refractivity contribution in [2.45, 2.75) is 31.3 Å². The van der Waals surface area contributed by atoms with E-state index in [1.54, 1.807) is 19.4 Å². The van der Waals surface area contributed by atoms with Gasteiger partial charge in [0.15, 0.2) is 0 Å². The lowest BCUT2D eigenvalue weighted by Gasteiger charge is -2.15. The van der Waals surface area contributed by atoms with Crippen LogP contribution in [0.4, 0.5) is 0 Å². The molecule has 0 saturated carbocycles. The van der Waals surface area contributed by atoms with E-state index >= 15 is 0 Å². The Bertz CT molecular complexity index is 284. The fourth-order valence-corrected chi connectivity index (χ4v) is 1.25. The number of hydrogen-bond donors (Lipinski definition) is 1. The number of amides is 1. The third kappa shape index (κ3) is 3.49. The maximum Gasteiger partial charge on any atom is 0.233 e. The van der Waals surface area contributed by atoms with Crippen molar-refractivity contribution in [2.75, 3.05) is 0 Å². The highest BCUT2D eigenvalue weighted by molar-refractivity contribution is 9.10. The molecule has 0 spiro atoms. The molecule has 1 aromatic rings. The second kappa shape index (κ2) is 5.14. The number of rotatable bonds is 4. The van der Waals surface area contributed by atoms with Gasteiger partial charge in [-0.15, -0.1) is 0 Å². The Hall–Kier alpha value is -0.840. The van der Waals surface area contributed by atoms with Crippen LogP contribution in [-0.4, -0.2) is 26.3 Å². The first-order valence-corrected chi connectivity index (χ1v) is 5.41. The molecule has 14 heavy (non-hydrogen) atoms. The molecule has 78 valence electrons. The van der Waals surface area contributed by atoms with Crippen molar-refractivity contribution < 1.29 is 4.79 Å². The van der Waals surface area contributed by atoms with Gasteiger partial charge in [-0.05, 0) is 13.8 Å². The van der Waals surface area contributed by atoms with Crippen LogP contribution in [0.15, 0.2) is 18.7 Å². The highest BCUT2D eigenvalue weighted by atomic mass is 79.9. The zero-order valence-electron chi connectivity index (χ0n) is 8.27. The molecule has 2 unspecified atom stereocenters. The van der Waals surface area contributed by atoms with Crippen LogP contribution < -0.4 is 5.32 Å². The number of hydrogen-bond acceptors (Lipinski definition) is 2. The van der Waals surface area contributed by atoms with Crippen molar-refractivity contribution in [2.24, 2.45) is 0 Å². The first-order valence-electron chi connectivity index (χ1n) is 4.49. The minimum atomic E-state index is -0.146. The van der Waals surface area contributed by atoms with Crippen LogP contribution in [0.25, 0.3) is 0 Å². The van der Waals surface area contributed by atoms with Gasteiger partial charge in [-0.1, -0.05) is 15.9 Å². The molecule has 0 aromatic carbocycles. The Morgan fingerprint density at radius 2 is 2.36 bits per heavy atom. The fourth-order valence-electron chi connectivity index (χ4n) is 1.11. The maximum atomic E-state index is 11.3. The number of carbonyl (C=O) groups excluding carboxylic acids is 1. The number of nitrogens with zero attached hydrogens (tertiary/aromatic N) is 2. The number of imidazole rings is 1. The first kappa shape index (κ1) is 11.2. The Morgan fingerprint density at radius 1 is 1.64 bits per heavy atom. The fraction of sp³-hybridized carbons (Fsp3) is 0.556. The molecule has 2 atom stereocenters. The van der Waals surface area contributed by atoms with Gasteiger partial charge in [0.05, 0.1) is 11.2 Å². The monoisotopic (exact) mass is 259 g/mol. The number of halogens is 1. The van der Waals surface area contributed by atoms with Crippen LogP contribution in [0.2, 0.25) is 0 Å². The minimum Gasteiger partial charge on any atom is -0.351 e. The Labute approximate surface area is 91.8 Å². The summed E-state index contributed by atoms with van der Waals surface area (Å²) in [6.07, 6.45) is 5.34. The average molecular weight is 260 g/mol. The van der Waals surface area contributed by atoms with Crippen molar-refractivity contribution in [1.82, 2.24) is 14.9 Å².